The molecule has 0 amide bonds. The van der Waals surface area contributed by atoms with Gasteiger partial charge in [-0.25, -0.2) is 0 Å². The topological polar surface area (TPSA) is 0 Å². The molecule has 0 N–H and O–H groups in total. The minimum atomic E-state index is 0.211. The van der Waals surface area contributed by atoms with Crippen LogP contribution in [0.25, 0.3) is 31.3 Å². The molecule has 0 fully saturated rings. The highest BCUT2D eigenvalue weighted by molar-refractivity contribution is 7.32. The molecule has 0 saturated carbocycles. The van der Waals surface area contributed by atoms with Crippen LogP contribution in [-0.2, 0) is 0 Å². The minimum absolute atomic E-state index is 0.211. The Morgan fingerprint density at radius 1 is 0.442 bits per heavy atom. The zero-order chi connectivity index (χ0) is 30.7. The second-order valence-electron chi connectivity index (χ2n) is 12.3. The van der Waals surface area contributed by atoms with E-state index in [1.165, 1.54) is 99.9 Å². The van der Waals surface area contributed by atoms with Gasteiger partial charge in [0.2, 0.25) is 0 Å². The van der Waals surface area contributed by atoms with Crippen molar-refractivity contribution in [3.8, 4) is 31.3 Å². The lowest BCUT2D eigenvalue weighted by molar-refractivity contribution is 1.34. The third-order valence-electron chi connectivity index (χ3n) is 8.56. The van der Waals surface area contributed by atoms with E-state index in [2.05, 4.69) is 124 Å². The fourth-order valence-electron chi connectivity index (χ4n) is 7.03. The smallest absolute Gasteiger partial charge is 0.148 e. The highest BCUT2D eigenvalue weighted by Crippen LogP contribution is 2.48. The van der Waals surface area contributed by atoms with Crippen molar-refractivity contribution in [3.05, 3.63) is 107 Å². The molecule has 6 aromatic rings. The van der Waals surface area contributed by atoms with Crippen molar-refractivity contribution < 1.29 is 0 Å². The molecule has 0 nitrogen and oxygen atoms in total. The van der Waals surface area contributed by atoms with Gasteiger partial charge in [-0.2, -0.15) is 0 Å². The first-order valence-corrected chi connectivity index (χ1v) is 18.2. The van der Waals surface area contributed by atoms with Crippen LogP contribution in [0, 0.1) is 69.2 Å². The van der Waals surface area contributed by atoms with Gasteiger partial charge >= 0.3 is 0 Å². The van der Waals surface area contributed by atoms with Crippen LogP contribution in [0.15, 0.2) is 54.6 Å². The molecule has 0 atom stereocenters. The van der Waals surface area contributed by atoms with E-state index in [4.69, 9.17) is 0 Å². The van der Waals surface area contributed by atoms with Gasteiger partial charge in [0.15, 0.2) is 0 Å². The van der Waals surface area contributed by atoms with Gasteiger partial charge in [-0.05, 0) is 104 Å². The molecule has 218 valence electrons. The first kappa shape index (κ1) is 30.3. The summed E-state index contributed by atoms with van der Waals surface area (Å²) in [4.78, 5) is 9.67. The van der Waals surface area contributed by atoms with Crippen LogP contribution in [-0.4, -0.2) is 6.71 Å². The zero-order valence-electron chi connectivity index (χ0n) is 26.9. The van der Waals surface area contributed by atoms with E-state index in [9.17, 15) is 0 Å². The van der Waals surface area contributed by atoms with Gasteiger partial charge in [0.25, 0.3) is 6.71 Å². The third-order valence-corrected chi connectivity index (χ3v) is 13.0. The predicted octanol–water partition coefficient (Wildman–Crippen LogP) is 10.5. The van der Waals surface area contributed by atoms with Gasteiger partial charge in [0.1, 0.15) is 0 Å². The quantitative estimate of drug-likeness (QED) is 0.160. The lowest BCUT2D eigenvalue weighted by Gasteiger charge is -2.23. The van der Waals surface area contributed by atoms with Crippen LogP contribution in [0.5, 0.6) is 0 Å². The molecule has 0 aliphatic rings. The van der Waals surface area contributed by atoms with E-state index >= 15 is 0 Å². The molecule has 6 rings (SSSR count). The molecule has 0 aliphatic carbocycles. The van der Waals surface area contributed by atoms with Crippen LogP contribution in [0.2, 0.25) is 0 Å². The summed E-state index contributed by atoms with van der Waals surface area (Å²) in [5.41, 5.74) is 15.2. The Kier molecular flexibility index (Phi) is 8.23. The first-order valence-electron chi connectivity index (χ1n) is 15.0. The summed E-state index contributed by atoms with van der Waals surface area (Å²) in [6.07, 6.45) is 0. The summed E-state index contributed by atoms with van der Waals surface area (Å²) in [5.74, 6) is 0. The molecule has 4 heterocycles. The van der Waals surface area contributed by atoms with Gasteiger partial charge in [0, 0.05) is 45.3 Å². The van der Waals surface area contributed by atoms with E-state index in [1.807, 2.05) is 45.3 Å². The molecule has 0 aliphatic heterocycles. The molecule has 0 unspecified atom stereocenters. The number of aryl methyl sites for hydroxylation is 10. The average Bonchev–Trinajstić information content (AvgIpc) is 3.68. The van der Waals surface area contributed by atoms with Crippen LogP contribution in [0.3, 0.4) is 0 Å². The normalized spacial score (nSPS) is 11.5. The first-order chi connectivity index (χ1) is 20.4. The van der Waals surface area contributed by atoms with Gasteiger partial charge in [-0.3, -0.25) is 0 Å². The Balaban J connectivity index is 1.54. The van der Waals surface area contributed by atoms with E-state index in [1.54, 1.807) is 0 Å². The maximum Gasteiger partial charge on any atom is 0.255 e. The van der Waals surface area contributed by atoms with Crippen molar-refractivity contribution in [1.82, 2.24) is 0 Å². The van der Waals surface area contributed by atoms with E-state index in [0.717, 1.165) is 0 Å². The number of hydrogen-bond donors (Lipinski definition) is 0. The molecule has 0 spiro atoms. The number of rotatable bonds is 6. The molecule has 0 radical (unpaired) electrons. The molecule has 4 aromatic heterocycles. The predicted molar refractivity (Wildman–Crippen MR) is 199 cm³/mol. The number of thiophene rings is 4. The fraction of sp³-hybridized carbons (Fsp3) is 0.263. The molecule has 0 bridgehead atoms. The third kappa shape index (κ3) is 5.66. The maximum absolute atomic E-state index is 2.47. The zero-order valence-corrected chi connectivity index (χ0v) is 30.2. The largest absolute Gasteiger partial charge is 0.255 e. The van der Waals surface area contributed by atoms with Gasteiger partial charge < -0.3 is 0 Å². The summed E-state index contributed by atoms with van der Waals surface area (Å²) in [6, 6.07) is 21.4. The molecular weight excluding hydrogens is 595 g/mol. The Hall–Kier alpha value is -2.70. The Morgan fingerprint density at radius 3 is 1.40 bits per heavy atom. The van der Waals surface area contributed by atoms with Gasteiger partial charge in [-0.1, -0.05) is 74.6 Å². The SMILES string of the molecule is Cc1cc(C)c(B(c2ccc(-c3cc(-c4cc(C)sc4C)c(-c4cc(C)sc4C)s3)s2)c2c(C)cc(C)cc2C)c(C)c1. The summed E-state index contributed by atoms with van der Waals surface area (Å²) in [5, 5.41) is 0. The van der Waals surface area contributed by atoms with Crippen molar-refractivity contribution in [2.24, 2.45) is 0 Å². The van der Waals surface area contributed by atoms with Crippen molar-refractivity contribution >= 4 is 67.8 Å². The van der Waals surface area contributed by atoms with Crippen LogP contribution < -0.4 is 15.7 Å². The van der Waals surface area contributed by atoms with E-state index < -0.39 is 0 Å². The Morgan fingerprint density at radius 2 is 0.930 bits per heavy atom. The second kappa shape index (κ2) is 11.7. The number of hydrogen-bond acceptors (Lipinski definition) is 4. The molecule has 43 heavy (non-hydrogen) atoms. The summed E-state index contributed by atoms with van der Waals surface area (Å²) in [6.45, 7) is 22.8. The lowest BCUT2D eigenvalue weighted by Crippen LogP contribution is -2.54. The Labute approximate surface area is 274 Å². The summed E-state index contributed by atoms with van der Waals surface area (Å²) < 4.78 is 1.42. The Bertz CT molecular complexity index is 1820. The van der Waals surface area contributed by atoms with Crippen LogP contribution >= 0.6 is 45.3 Å². The van der Waals surface area contributed by atoms with E-state index in [-0.39, 0.29) is 6.71 Å². The minimum Gasteiger partial charge on any atom is -0.148 e. The maximum atomic E-state index is 2.47. The molecule has 0 saturated heterocycles. The van der Waals surface area contributed by atoms with Crippen molar-refractivity contribution in [2.45, 2.75) is 69.2 Å². The molecule has 5 heteroatoms. The summed E-state index contributed by atoms with van der Waals surface area (Å²) in [7, 11) is 0. The van der Waals surface area contributed by atoms with Crippen LogP contribution in [0.1, 0.15) is 52.9 Å². The van der Waals surface area contributed by atoms with Crippen molar-refractivity contribution in [1.29, 1.82) is 0 Å². The molecule has 2 aromatic carbocycles. The molecular formula is C38H39BS4. The lowest BCUT2D eigenvalue weighted by atomic mass is 9.37. The summed E-state index contributed by atoms with van der Waals surface area (Å²) >= 11 is 7.74. The van der Waals surface area contributed by atoms with Gasteiger partial charge in [0.05, 0.1) is 0 Å². The average molecular weight is 635 g/mol. The highest BCUT2D eigenvalue weighted by atomic mass is 32.1. The fourth-order valence-corrected chi connectivity index (χ4v) is 11.4. The standard InChI is InChI=1S/C38H39BS4/c1-20-13-22(3)36(23(4)14-20)39(37-24(5)15-21(2)16-25(37)6)35-12-11-33(42-35)34-19-32(30-17-26(7)40-28(30)9)38(43-34)31-18-27(8)41-29(31)10/h11-19H,1-10H3. The monoisotopic (exact) mass is 634 g/mol. The van der Waals surface area contributed by atoms with Crippen LogP contribution in [0.4, 0.5) is 0 Å². The van der Waals surface area contributed by atoms with E-state index in [0.29, 0.717) is 0 Å². The number of benzene rings is 2. The van der Waals surface area contributed by atoms with Crippen molar-refractivity contribution in [2.75, 3.05) is 0 Å². The highest BCUT2D eigenvalue weighted by Gasteiger charge is 2.30. The van der Waals surface area contributed by atoms with Crippen molar-refractivity contribution in [3.63, 3.8) is 0 Å². The second-order valence-corrected chi connectivity index (χ2v) is 17.4. The van der Waals surface area contributed by atoms with Gasteiger partial charge in [-0.15, -0.1) is 45.3 Å².